The van der Waals surface area contributed by atoms with Gasteiger partial charge in [-0.2, -0.15) is 5.10 Å². The van der Waals surface area contributed by atoms with Crippen LogP contribution in [0.15, 0.2) is 29.3 Å². The summed E-state index contributed by atoms with van der Waals surface area (Å²) in [7, 11) is 1.95. The third kappa shape index (κ3) is 5.58. The summed E-state index contributed by atoms with van der Waals surface area (Å²) in [4.78, 5) is 7.11. The van der Waals surface area contributed by atoms with Gasteiger partial charge < -0.3 is 15.4 Å². The molecular formula is C22H33FN6O. The van der Waals surface area contributed by atoms with Crippen LogP contribution in [0.4, 0.5) is 4.39 Å². The fraction of sp³-hybridized carbons (Fsp3) is 0.545. The van der Waals surface area contributed by atoms with Gasteiger partial charge in [0.2, 0.25) is 0 Å². The topological polar surface area (TPSA) is 66.7 Å². The third-order valence-electron chi connectivity index (χ3n) is 5.58. The Hall–Kier alpha value is -2.45. The van der Waals surface area contributed by atoms with Crippen molar-refractivity contribution in [3.8, 4) is 0 Å². The maximum Gasteiger partial charge on any atom is 0.191 e. The molecule has 2 aromatic rings. The molecule has 3 rings (SSSR count). The van der Waals surface area contributed by atoms with Crippen molar-refractivity contribution in [3.05, 3.63) is 52.6 Å². The van der Waals surface area contributed by atoms with E-state index in [4.69, 9.17) is 9.73 Å². The van der Waals surface area contributed by atoms with Gasteiger partial charge >= 0.3 is 0 Å². The summed E-state index contributed by atoms with van der Waals surface area (Å²) in [5.41, 5.74) is 4.22. The molecule has 0 radical (unpaired) electrons. The summed E-state index contributed by atoms with van der Waals surface area (Å²) >= 11 is 0. The van der Waals surface area contributed by atoms with Crippen LogP contribution in [0.25, 0.3) is 0 Å². The summed E-state index contributed by atoms with van der Waals surface area (Å²) in [6.07, 6.45) is 0. The number of nitrogens with zero attached hydrogens (tertiary/aromatic N) is 4. The van der Waals surface area contributed by atoms with Crippen LogP contribution in [0.3, 0.4) is 0 Å². The predicted octanol–water partition coefficient (Wildman–Crippen LogP) is 2.30. The normalized spacial score (nSPS) is 16.5. The lowest BCUT2D eigenvalue weighted by Crippen LogP contribution is -2.46. The van der Waals surface area contributed by atoms with Gasteiger partial charge in [-0.15, -0.1) is 0 Å². The highest BCUT2D eigenvalue weighted by Crippen LogP contribution is 2.22. The number of ether oxygens (including phenoxy) is 1. The van der Waals surface area contributed by atoms with Gasteiger partial charge in [0.05, 0.1) is 31.5 Å². The second kappa shape index (κ2) is 10.5. The first-order chi connectivity index (χ1) is 14.5. The van der Waals surface area contributed by atoms with Gasteiger partial charge in [0, 0.05) is 44.5 Å². The SMILES string of the molecule is CCNC(=NCc1c(C)nn(C)c1C)NCC(c1cccc(F)c1)N1CCOCC1. The van der Waals surface area contributed by atoms with E-state index in [1.807, 2.05) is 31.6 Å². The first-order valence-electron chi connectivity index (χ1n) is 10.6. The molecule has 1 fully saturated rings. The lowest BCUT2D eigenvalue weighted by atomic mass is 10.0. The quantitative estimate of drug-likeness (QED) is 0.536. The first-order valence-corrected chi connectivity index (χ1v) is 10.6. The second-order valence-corrected chi connectivity index (χ2v) is 7.57. The highest BCUT2D eigenvalue weighted by atomic mass is 19.1. The van der Waals surface area contributed by atoms with Crippen LogP contribution in [0, 0.1) is 19.7 Å². The number of benzene rings is 1. The van der Waals surface area contributed by atoms with Crippen LogP contribution >= 0.6 is 0 Å². The van der Waals surface area contributed by atoms with E-state index >= 15 is 0 Å². The number of guanidine groups is 1. The van der Waals surface area contributed by atoms with Crippen LogP contribution < -0.4 is 10.6 Å². The fourth-order valence-electron chi connectivity index (χ4n) is 3.80. The minimum Gasteiger partial charge on any atom is -0.379 e. The summed E-state index contributed by atoms with van der Waals surface area (Å²) in [5.74, 6) is 0.531. The molecule has 8 heteroatoms. The molecule has 7 nitrogen and oxygen atoms in total. The molecule has 1 aliphatic heterocycles. The van der Waals surface area contributed by atoms with E-state index < -0.39 is 0 Å². The Kier molecular flexibility index (Phi) is 7.81. The van der Waals surface area contributed by atoms with Crippen molar-refractivity contribution in [2.24, 2.45) is 12.0 Å². The third-order valence-corrected chi connectivity index (χ3v) is 5.58. The van der Waals surface area contributed by atoms with Gasteiger partial charge in [0.25, 0.3) is 0 Å². The lowest BCUT2D eigenvalue weighted by molar-refractivity contribution is 0.0169. The van der Waals surface area contributed by atoms with Crippen LogP contribution in [0.2, 0.25) is 0 Å². The van der Waals surface area contributed by atoms with E-state index in [0.717, 1.165) is 48.1 Å². The Morgan fingerprint density at radius 2 is 2.03 bits per heavy atom. The maximum atomic E-state index is 13.9. The molecule has 30 heavy (non-hydrogen) atoms. The van der Waals surface area contributed by atoms with E-state index in [-0.39, 0.29) is 11.9 Å². The van der Waals surface area contributed by atoms with Crippen molar-refractivity contribution < 1.29 is 9.13 Å². The highest BCUT2D eigenvalue weighted by molar-refractivity contribution is 5.79. The molecule has 0 amide bonds. The van der Waals surface area contributed by atoms with E-state index in [1.54, 1.807) is 12.1 Å². The van der Waals surface area contributed by atoms with Crippen molar-refractivity contribution in [1.29, 1.82) is 0 Å². The number of halogens is 1. The summed E-state index contributed by atoms with van der Waals surface area (Å²) in [5, 5.41) is 11.2. The Morgan fingerprint density at radius 3 is 2.67 bits per heavy atom. The summed E-state index contributed by atoms with van der Waals surface area (Å²) in [6, 6.07) is 6.89. The number of hydrogen-bond acceptors (Lipinski definition) is 4. The Bertz CT molecular complexity index is 859. The van der Waals surface area contributed by atoms with E-state index in [2.05, 4.69) is 27.6 Å². The van der Waals surface area contributed by atoms with Gasteiger partial charge in [0.1, 0.15) is 5.82 Å². The average Bonchev–Trinajstić information content (AvgIpc) is 2.98. The second-order valence-electron chi connectivity index (χ2n) is 7.57. The number of morpholine rings is 1. The average molecular weight is 417 g/mol. The number of aliphatic imine (C=N–C) groups is 1. The number of nitrogens with one attached hydrogen (secondary N) is 2. The number of rotatable bonds is 7. The molecule has 2 heterocycles. The lowest BCUT2D eigenvalue weighted by Gasteiger charge is -2.35. The molecule has 0 spiro atoms. The van der Waals surface area contributed by atoms with Crippen LogP contribution in [0.1, 0.15) is 35.5 Å². The van der Waals surface area contributed by atoms with Crippen LogP contribution in [0.5, 0.6) is 0 Å². The summed E-state index contributed by atoms with van der Waals surface area (Å²) < 4.78 is 21.3. The molecule has 1 atom stereocenters. The molecule has 1 saturated heterocycles. The summed E-state index contributed by atoms with van der Waals surface area (Å²) in [6.45, 7) is 11.1. The molecule has 1 unspecified atom stereocenters. The zero-order valence-corrected chi connectivity index (χ0v) is 18.4. The number of aromatic nitrogens is 2. The minimum atomic E-state index is -0.214. The monoisotopic (exact) mass is 416 g/mol. The van der Waals surface area contributed by atoms with Gasteiger partial charge in [0.15, 0.2) is 5.96 Å². The van der Waals surface area contributed by atoms with E-state index in [0.29, 0.717) is 26.3 Å². The van der Waals surface area contributed by atoms with Gasteiger partial charge in [-0.1, -0.05) is 12.1 Å². The van der Waals surface area contributed by atoms with Crippen molar-refractivity contribution in [3.63, 3.8) is 0 Å². The Labute approximate surface area is 178 Å². The Balaban J connectivity index is 1.75. The number of aryl methyl sites for hydroxylation is 2. The molecular weight excluding hydrogens is 383 g/mol. The molecule has 2 N–H and O–H groups in total. The molecule has 0 bridgehead atoms. The first kappa shape index (κ1) is 22.2. The van der Waals surface area contributed by atoms with Crippen molar-refractivity contribution >= 4 is 5.96 Å². The zero-order valence-electron chi connectivity index (χ0n) is 18.4. The van der Waals surface area contributed by atoms with Gasteiger partial charge in [-0.3, -0.25) is 9.58 Å². The van der Waals surface area contributed by atoms with Gasteiger partial charge in [-0.25, -0.2) is 9.38 Å². The molecule has 0 aliphatic carbocycles. The van der Waals surface area contributed by atoms with Crippen LogP contribution in [-0.4, -0.2) is 60.0 Å². The molecule has 1 aromatic carbocycles. The zero-order chi connectivity index (χ0) is 21.5. The smallest absolute Gasteiger partial charge is 0.191 e. The van der Waals surface area contributed by atoms with Crippen molar-refractivity contribution in [1.82, 2.24) is 25.3 Å². The Morgan fingerprint density at radius 1 is 1.27 bits per heavy atom. The van der Waals surface area contributed by atoms with Gasteiger partial charge in [-0.05, 0) is 38.5 Å². The van der Waals surface area contributed by atoms with E-state index in [1.165, 1.54) is 6.07 Å². The molecule has 1 aromatic heterocycles. The van der Waals surface area contributed by atoms with Crippen molar-refractivity contribution in [2.75, 3.05) is 39.4 Å². The number of hydrogen-bond donors (Lipinski definition) is 2. The maximum absolute atomic E-state index is 13.9. The molecule has 164 valence electrons. The molecule has 0 saturated carbocycles. The van der Waals surface area contributed by atoms with Crippen molar-refractivity contribution in [2.45, 2.75) is 33.4 Å². The van der Waals surface area contributed by atoms with E-state index in [9.17, 15) is 4.39 Å². The minimum absolute atomic E-state index is 0.0373. The fourth-order valence-corrected chi connectivity index (χ4v) is 3.80. The largest absolute Gasteiger partial charge is 0.379 e. The van der Waals surface area contributed by atoms with Crippen LogP contribution in [-0.2, 0) is 18.3 Å². The standard InChI is InChI=1S/C22H33FN6O/c1-5-24-22(25-14-20-16(2)27-28(4)17(20)3)26-15-21(29-9-11-30-12-10-29)18-7-6-8-19(23)13-18/h6-8,13,21H,5,9-12,14-15H2,1-4H3,(H2,24,25,26). The molecule has 1 aliphatic rings. The highest BCUT2D eigenvalue weighted by Gasteiger charge is 2.23. The predicted molar refractivity (Wildman–Crippen MR) is 117 cm³/mol.